The molecule has 2 N–H and O–H groups in total. The van der Waals surface area contributed by atoms with Crippen LogP contribution in [0.5, 0.6) is 0 Å². The molecular weight excluding hydrogens is 442 g/mol. The molecule has 0 amide bonds. The average molecular weight is 464 g/mol. The fourth-order valence-electron chi connectivity index (χ4n) is 2.13. The van der Waals surface area contributed by atoms with E-state index >= 15 is 0 Å². The zero-order valence-corrected chi connectivity index (χ0v) is 17.2. The van der Waals surface area contributed by atoms with Gasteiger partial charge in [0, 0.05) is 21.4 Å². The standard InChI is InChI=1S/C16H22BrF4NO3S/c1-14(2,3)26(24)22-15(4,11-7-10(17)5-6-12(11)18)13(8-23)25-9-16(19,20)21/h5-7,13,22-23H,8-9H2,1-4H3/t13-,15+,26+/m0/s1. The van der Waals surface area contributed by atoms with E-state index in [0.717, 1.165) is 6.07 Å². The van der Waals surface area contributed by atoms with Gasteiger partial charge >= 0.3 is 6.18 Å². The molecule has 0 fully saturated rings. The van der Waals surface area contributed by atoms with Crippen molar-refractivity contribution in [2.75, 3.05) is 13.2 Å². The lowest BCUT2D eigenvalue weighted by molar-refractivity contribution is -0.196. The van der Waals surface area contributed by atoms with Gasteiger partial charge in [0.25, 0.3) is 0 Å². The number of aliphatic hydroxyl groups excluding tert-OH is 1. The first-order chi connectivity index (χ1) is 11.7. The van der Waals surface area contributed by atoms with Gasteiger partial charge in [-0.3, -0.25) is 0 Å². The van der Waals surface area contributed by atoms with Crippen molar-refractivity contribution in [1.29, 1.82) is 0 Å². The fraction of sp³-hybridized carbons (Fsp3) is 0.625. The molecule has 1 aromatic carbocycles. The molecule has 0 aliphatic heterocycles. The van der Waals surface area contributed by atoms with Gasteiger partial charge in [0.15, 0.2) is 0 Å². The third kappa shape index (κ3) is 6.35. The Kier molecular flexibility index (Phi) is 7.95. The van der Waals surface area contributed by atoms with Gasteiger partial charge in [0.05, 0.1) is 6.61 Å². The minimum Gasteiger partial charge on any atom is -0.598 e. The first-order valence-electron chi connectivity index (χ1n) is 7.65. The second-order valence-electron chi connectivity index (χ2n) is 6.91. The number of rotatable bonds is 7. The second kappa shape index (κ2) is 8.74. The highest BCUT2D eigenvalue weighted by molar-refractivity contribution is 9.10. The van der Waals surface area contributed by atoms with E-state index in [9.17, 15) is 27.2 Å². The van der Waals surface area contributed by atoms with E-state index in [-0.39, 0.29) is 5.56 Å². The predicted molar refractivity (Wildman–Crippen MR) is 95.4 cm³/mol. The molecule has 26 heavy (non-hydrogen) atoms. The highest BCUT2D eigenvalue weighted by Gasteiger charge is 2.46. The van der Waals surface area contributed by atoms with Gasteiger partial charge < -0.3 is 14.4 Å². The van der Waals surface area contributed by atoms with Gasteiger partial charge in [-0.05, 0) is 45.9 Å². The van der Waals surface area contributed by atoms with Crippen molar-refractivity contribution < 1.29 is 32.0 Å². The van der Waals surface area contributed by atoms with Crippen molar-refractivity contribution in [3.05, 3.63) is 34.1 Å². The van der Waals surface area contributed by atoms with E-state index in [2.05, 4.69) is 20.7 Å². The Morgan fingerprint density at radius 2 is 1.85 bits per heavy atom. The third-order valence-corrected chi connectivity index (χ3v) is 5.82. The summed E-state index contributed by atoms with van der Waals surface area (Å²) < 4.78 is 71.9. The molecule has 0 aromatic heterocycles. The first-order valence-corrected chi connectivity index (χ1v) is 9.59. The fourth-order valence-corrected chi connectivity index (χ4v) is 3.43. The number of nitrogens with one attached hydrogen (secondary N) is 1. The minimum atomic E-state index is -4.63. The van der Waals surface area contributed by atoms with Crippen molar-refractivity contribution >= 4 is 27.3 Å². The predicted octanol–water partition coefficient (Wildman–Crippen LogP) is 3.80. The summed E-state index contributed by atoms with van der Waals surface area (Å²) in [6, 6.07) is 3.89. The molecule has 4 nitrogen and oxygen atoms in total. The van der Waals surface area contributed by atoms with Crippen molar-refractivity contribution in [2.45, 2.75) is 50.3 Å². The maximum absolute atomic E-state index is 14.5. The lowest BCUT2D eigenvalue weighted by Gasteiger charge is -2.39. The van der Waals surface area contributed by atoms with Gasteiger partial charge in [-0.1, -0.05) is 15.9 Å². The quantitative estimate of drug-likeness (QED) is 0.476. The maximum Gasteiger partial charge on any atom is 0.411 e. The molecule has 1 aromatic rings. The topological polar surface area (TPSA) is 64.5 Å². The van der Waals surface area contributed by atoms with Crippen molar-refractivity contribution in [2.24, 2.45) is 0 Å². The zero-order valence-electron chi connectivity index (χ0n) is 14.8. The Hall–Kier alpha value is -0.390. The minimum absolute atomic E-state index is 0.0781. The SMILES string of the molecule is CC(C)(C)[S@@+]([O-])N[C@](C)(c1cc(Br)ccc1F)[C@H](CO)OCC(F)(F)F. The summed E-state index contributed by atoms with van der Waals surface area (Å²) in [5, 5.41) is 9.63. The van der Waals surface area contributed by atoms with Crippen molar-refractivity contribution in [1.82, 2.24) is 4.72 Å². The van der Waals surface area contributed by atoms with Crippen LogP contribution in [0.3, 0.4) is 0 Å². The molecule has 10 heteroatoms. The number of benzene rings is 1. The smallest absolute Gasteiger partial charge is 0.411 e. The lowest BCUT2D eigenvalue weighted by atomic mass is 9.87. The van der Waals surface area contributed by atoms with Crippen LogP contribution in [-0.2, 0) is 21.6 Å². The molecule has 0 saturated heterocycles. The van der Waals surface area contributed by atoms with Crippen LogP contribution in [0.1, 0.15) is 33.3 Å². The van der Waals surface area contributed by atoms with Crippen LogP contribution in [-0.4, -0.2) is 39.9 Å². The molecule has 0 unspecified atom stereocenters. The van der Waals surface area contributed by atoms with Crippen LogP contribution in [0.4, 0.5) is 17.6 Å². The summed E-state index contributed by atoms with van der Waals surface area (Å²) in [4.78, 5) is 0. The Morgan fingerprint density at radius 1 is 1.27 bits per heavy atom. The monoisotopic (exact) mass is 463 g/mol. The number of hydrogen-bond acceptors (Lipinski definition) is 4. The molecule has 1 rings (SSSR count). The Labute approximate surface area is 161 Å². The molecule has 0 spiro atoms. The molecular formula is C16H22BrF4NO3S. The van der Waals surface area contributed by atoms with E-state index in [1.54, 1.807) is 20.8 Å². The molecule has 0 bridgehead atoms. The largest absolute Gasteiger partial charge is 0.598 e. The Bertz CT molecular complexity index is 612. The molecule has 0 heterocycles. The maximum atomic E-state index is 14.5. The number of halogens is 5. The van der Waals surface area contributed by atoms with Gasteiger partial charge in [-0.2, -0.15) is 13.2 Å². The highest BCUT2D eigenvalue weighted by atomic mass is 79.9. The van der Waals surface area contributed by atoms with Crippen LogP contribution in [0, 0.1) is 5.82 Å². The zero-order chi connectivity index (χ0) is 20.3. The van der Waals surface area contributed by atoms with E-state index in [4.69, 9.17) is 4.74 Å². The molecule has 3 atom stereocenters. The molecule has 0 radical (unpaired) electrons. The Balaban J connectivity index is 3.37. The first kappa shape index (κ1) is 23.6. The highest BCUT2D eigenvalue weighted by Crippen LogP contribution is 2.34. The number of hydrogen-bond donors (Lipinski definition) is 2. The van der Waals surface area contributed by atoms with Crippen LogP contribution in [0.25, 0.3) is 0 Å². The summed E-state index contributed by atoms with van der Waals surface area (Å²) >= 11 is 1.41. The van der Waals surface area contributed by atoms with Crippen LogP contribution in [0.15, 0.2) is 22.7 Å². The molecule has 0 aliphatic rings. The van der Waals surface area contributed by atoms with Crippen molar-refractivity contribution in [3.8, 4) is 0 Å². The van der Waals surface area contributed by atoms with Gasteiger partial charge in [0.1, 0.15) is 28.8 Å². The average Bonchev–Trinajstić information content (AvgIpc) is 2.48. The van der Waals surface area contributed by atoms with E-state index in [1.165, 1.54) is 19.1 Å². The van der Waals surface area contributed by atoms with Crippen LogP contribution >= 0.6 is 15.9 Å². The van der Waals surface area contributed by atoms with Gasteiger partial charge in [-0.25, -0.2) is 4.39 Å². The lowest BCUT2D eigenvalue weighted by Crippen LogP contribution is -2.58. The van der Waals surface area contributed by atoms with Crippen LogP contribution < -0.4 is 4.72 Å². The van der Waals surface area contributed by atoms with Crippen LogP contribution in [0.2, 0.25) is 0 Å². The summed E-state index contributed by atoms with van der Waals surface area (Å²) in [6.07, 6.45) is -6.13. The summed E-state index contributed by atoms with van der Waals surface area (Å²) in [7, 11) is 0. The Morgan fingerprint density at radius 3 is 2.31 bits per heavy atom. The third-order valence-electron chi connectivity index (χ3n) is 3.61. The van der Waals surface area contributed by atoms with Crippen molar-refractivity contribution in [3.63, 3.8) is 0 Å². The number of ether oxygens (including phenoxy) is 1. The van der Waals surface area contributed by atoms with E-state index < -0.39 is 53.0 Å². The van der Waals surface area contributed by atoms with E-state index in [0.29, 0.717) is 4.47 Å². The molecule has 0 aliphatic carbocycles. The second-order valence-corrected chi connectivity index (χ2v) is 9.79. The summed E-state index contributed by atoms with van der Waals surface area (Å²) in [6.45, 7) is 3.83. The summed E-state index contributed by atoms with van der Waals surface area (Å²) in [5.74, 6) is -0.733. The van der Waals surface area contributed by atoms with Gasteiger partial charge in [0.2, 0.25) is 0 Å². The van der Waals surface area contributed by atoms with Gasteiger partial charge in [-0.15, -0.1) is 4.72 Å². The van der Waals surface area contributed by atoms with E-state index in [1.807, 2.05) is 0 Å². The summed E-state index contributed by atoms with van der Waals surface area (Å²) in [5.41, 5.74) is -1.77. The molecule has 0 saturated carbocycles. The number of alkyl halides is 3. The number of aliphatic hydroxyl groups is 1. The normalized spacial score (nSPS) is 17.7. The molecule has 150 valence electrons.